The lowest BCUT2D eigenvalue weighted by molar-refractivity contribution is -0.274. The van der Waals surface area contributed by atoms with Crippen LogP contribution in [0.2, 0.25) is 0 Å². The number of ether oxygens (including phenoxy) is 1. The van der Waals surface area contributed by atoms with Crippen molar-refractivity contribution >= 4 is 11.8 Å². The second kappa shape index (κ2) is 9.07. The Kier molecular flexibility index (Phi) is 6.81. The molecule has 0 spiro atoms. The number of amides is 2. The summed E-state index contributed by atoms with van der Waals surface area (Å²) in [4.78, 5) is 23.7. The molecule has 1 atom stereocenters. The van der Waals surface area contributed by atoms with Crippen LogP contribution in [0.1, 0.15) is 30.5 Å². The molecular weight excluding hydrogens is 361 g/mol. The second-order valence-electron chi connectivity index (χ2n) is 5.80. The van der Waals surface area contributed by atoms with Gasteiger partial charge in [0.25, 0.3) is 0 Å². The molecule has 2 aromatic rings. The maximum Gasteiger partial charge on any atom is 0.573 e. The van der Waals surface area contributed by atoms with Gasteiger partial charge in [0, 0.05) is 19.0 Å². The summed E-state index contributed by atoms with van der Waals surface area (Å²) < 4.78 is 41.3. The minimum Gasteiger partial charge on any atom is -0.405 e. The lowest BCUT2D eigenvalue weighted by Gasteiger charge is -2.18. The van der Waals surface area contributed by atoms with E-state index in [2.05, 4.69) is 15.4 Å². The molecule has 0 bridgehead atoms. The van der Waals surface area contributed by atoms with Crippen molar-refractivity contribution in [1.82, 2.24) is 10.6 Å². The van der Waals surface area contributed by atoms with Crippen LogP contribution in [0.5, 0.6) is 5.75 Å². The molecule has 0 saturated heterocycles. The molecule has 144 valence electrons. The van der Waals surface area contributed by atoms with Crippen molar-refractivity contribution in [2.75, 3.05) is 0 Å². The van der Waals surface area contributed by atoms with Gasteiger partial charge in [-0.2, -0.15) is 0 Å². The Balaban J connectivity index is 2.01. The second-order valence-corrected chi connectivity index (χ2v) is 5.80. The van der Waals surface area contributed by atoms with E-state index in [-0.39, 0.29) is 30.2 Å². The highest BCUT2D eigenvalue weighted by Crippen LogP contribution is 2.26. The Morgan fingerprint density at radius 1 is 1.04 bits per heavy atom. The number of carbonyl (C=O) groups excluding carboxylic acids is 2. The Morgan fingerprint density at radius 3 is 2.30 bits per heavy atom. The Bertz CT molecular complexity index is 779. The van der Waals surface area contributed by atoms with E-state index in [1.807, 2.05) is 6.07 Å². The third-order valence-corrected chi connectivity index (χ3v) is 3.64. The van der Waals surface area contributed by atoms with Crippen LogP contribution in [0.3, 0.4) is 0 Å². The Labute approximate surface area is 154 Å². The highest BCUT2D eigenvalue weighted by Gasteiger charge is 2.32. The number of nitrogens with one attached hydrogen (secondary N) is 2. The number of benzene rings is 2. The molecule has 0 aliphatic carbocycles. The minimum absolute atomic E-state index is 0.0497. The number of carbonyl (C=O) groups is 2. The highest BCUT2D eigenvalue weighted by molar-refractivity contribution is 5.79. The Hall–Kier alpha value is -3.03. The van der Waals surface area contributed by atoms with E-state index in [1.165, 1.54) is 25.1 Å². The maximum atomic E-state index is 12.5. The maximum absolute atomic E-state index is 12.5. The first kappa shape index (κ1) is 20.3. The highest BCUT2D eigenvalue weighted by atomic mass is 19.4. The van der Waals surface area contributed by atoms with Crippen LogP contribution < -0.4 is 15.4 Å². The van der Waals surface area contributed by atoms with E-state index >= 15 is 0 Å². The van der Waals surface area contributed by atoms with Gasteiger partial charge in [-0.05, 0) is 11.6 Å². The van der Waals surface area contributed by atoms with Crippen molar-refractivity contribution in [3.05, 3.63) is 65.7 Å². The molecule has 0 unspecified atom stereocenters. The van der Waals surface area contributed by atoms with Crippen molar-refractivity contribution in [3.8, 4) is 5.75 Å². The summed E-state index contributed by atoms with van der Waals surface area (Å²) in [6.45, 7) is 1.21. The summed E-state index contributed by atoms with van der Waals surface area (Å²) in [5.74, 6) is -1.08. The number of alkyl halides is 3. The number of para-hydroxylation sites is 1. The summed E-state index contributed by atoms with van der Waals surface area (Å²) >= 11 is 0. The largest absolute Gasteiger partial charge is 0.573 e. The quantitative estimate of drug-likeness (QED) is 0.773. The molecule has 2 amide bonds. The van der Waals surface area contributed by atoms with Crippen LogP contribution in [0.25, 0.3) is 0 Å². The molecule has 8 heteroatoms. The molecule has 0 aromatic heterocycles. The van der Waals surface area contributed by atoms with Crippen molar-refractivity contribution in [2.24, 2.45) is 0 Å². The average molecular weight is 380 g/mol. The molecule has 0 heterocycles. The van der Waals surface area contributed by atoms with Gasteiger partial charge < -0.3 is 15.4 Å². The van der Waals surface area contributed by atoms with Crippen LogP contribution in [0.15, 0.2) is 54.6 Å². The summed E-state index contributed by atoms with van der Waals surface area (Å²) in [5.41, 5.74) is 0.947. The topological polar surface area (TPSA) is 67.4 Å². The fourth-order valence-corrected chi connectivity index (χ4v) is 2.51. The van der Waals surface area contributed by atoms with Gasteiger partial charge in [-0.25, -0.2) is 0 Å². The molecule has 0 aliphatic rings. The van der Waals surface area contributed by atoms with E-state index < -0.39 is 18.3 Å². The molecule has 0 fully saturated rings. The Morgan fingerprint density at radius 2 is 1.67 bits per heavy atom. The van der Waals surface area contributed by atoms with Gasteiger partial charge in [0.05, 0.1) is 12.5 Å². The fraction of sp³-hybridized carbons (Fsp3) is 0.263. The number of hydrogen-bond donors (Lipinski definition) is 2. The van der Waals surface area contributed by atoms with Crippen LogP contribution in [0.4, 0.5) is 13.2 Å². The molecular formula is C19H19F3N2O3. The zero-order valence-electron chi connectivity index (χ0n) is 14.5. The van der Waals surface area contributed by atoms with Gasteiger partial charge in [-0.1, -0.05) is 48.5 Å². The first-order valence-electron chi connectivity index (χ1n) is 8.17. The van der Waals surface area contributed by atoms with Crippen LogP contribution in [-0.2, 0) is 16.1 Å². The van der Waals surface area contributed by atoms with Gasteiger partial charge in [0.2, 0.25) is 11.8 Å². The predicted octanol–water partition coefficient (Wildman–Crippen LogP) is 3.47. The molecule has 2 N–H and O–H groups in total. The summed E-state index contributed by atoms with van der Waals surface area (Å²) in [7, 11) is 0. The zero-order valence-corrected chi connectivity index (χ0v) is 14.5. The van der Waals surface area contributed by atoms with Crippen molar-refractivity contribution in [1.29, 1.82) is 0 Å². The zero-order chi connectivity index (χ0) is 19.9. The van der Waals surface area contributed by atoms with Crippen molar-refractivity contribution in [3.63, 3.8) is 0 Å². The summed E-state index contributed by atoms with van der Waals surface area (Å²) in [6.07, 6.45) is -4.87. The van der Waals surface area contributed by atoms with Gasteiger partial charge in [0.15, 0.2) is 0 Å². The number of hydrogen-bond acceptors (Lipinski definition) is 3. The van der Waals surface area contributed by atoms with Crippen LogP contribution >= 0.6 is 0 Å². The van der Waals surface area contributed by atoms with Gasteiger partial charge >= 0.3 is 6.36 Å². The standard InChI is InChI=1S/C19H19F3N2O3/c1-13(25)24-16(14-7-3-2-4-8-14)11-18(26)23-12-15-9-5-6-10-17(15)27-19(20,21)22/h2-10,16H,11-12H2,1H3,(H,23,26)(H,24,25)/t16-/m1/s1. The third kappa shape index (κ3) is 7.01. The predicted molar refractivity (Wildman–Crippen MR) is 92.6 cm³/mol. The molecule has 0 saturated carbocycles. The van der Waals surface area contributed by atoms with Crippen molar-refractivity contribution in [2.45, 2.75) is 32.3 Å². The molecule has 0 aliphatic heterocycles. The molecule has 27 heavy (non-hydrogen) atoms. The van der Waals surface area contributed by atoms with E-state index in [0.717, 1.165) is 5.56 Å². The van der Waals surface area contributed by atoms with E-state index in [1.54, 1.807) is 30.3 Å². The van der Waals surface area contributed by atoms with Gasteiger partial charge in [0.1, 0.15) is 5.75 Å². The van der Waals surface area contributed by atoms with E-state index in [0.29, 0.717) is 0 Å². The van der Waals surface area contributed by atoms with Gasteiger partial charge in [-0.15, -0.1) is 13.2 Å². The molecule has 2 rings (SSSR count). The molecule has 2 aromatic carbocycles. The molecule has 0 radical (unpaired) electrons. The SMILES string of the molecule is CC(=O)N[C@H](CC(=O)NCc1ccccc1OC(F)(F)F)c1ccccc1. The monoisotopic (exact) mass is 380 g/mol. The number of rotatable bonds is 7. The summed E-state index contributed by atoms with van der Waals surface area (Å²) in [6, 6.07) is 14.0. The first-order chi connectivity index (χ1) is 12.7. The van der Waals surface area contributed by atoms with E-state index in [4.69, 9.17) is 0 Å². The first-order valence-corrected chi connectivity index (χ1v) is 8.17. The summed E-state index contributed by atoms with van der Waals surface area (Å²) in [5, 5.41) is 5.26. The van der Waals surface area contributed by atoms with Crippen LogP contribution in [-0.4, -0.2) is 18.2 Å². The lowest BCUT2D eigenvalue weighted by atomic mass is 10.0. The van der Waals surface area contributed by atoms with E-state index in [9.17, 15) is 22.8 Å². The van der Waals surface area contributed by atoms with Crippen LogP contribution in [0, 0.1) is 0 Å². The normalized spacial score (nSPS) is 12.1. The lowest BCUT2D eigenvalue weighted by Crippen LogP contribution is -2.32. The minimum atomic E-state index is -4.82. The smallest absolute Gasteiger partial charge is 0.405 e. The van der Waals surface area contributed by atoms with Gasteiger partial charge in [-0.3, -0.25) is 9.59 Å². The average Bonchev–Trinajstić information content (AvgIpc) is 2.59. The number of halogens is 3. The third-order valence-electron chi connectivity index (χ3n) is 3.64. The fourth-order valence-electron chi connectivity index (χ4n) is 2.51. The van der Waals surface area contributed by atoms with Crippen molar-refractivity contribution < 1.29 is 27.5 Å². The molecule has 5 nitrogen and oxygen atoms in total.